The fourth-order valence-corrected chi connectivity index (χ4v) is 5.03. The SMILES string of the molecule is C/C=C\CC(C)/C=C(\C)SCCN1C[C@H](C(/C=C\C)=C/C(=C/OC)OC2CCOC2)CC1=O. The number of methoxy groups -OCH3 is 1. The zero-order valence-electron chi connectivity index (χ0n) is 20.9. The molecule has 0 saturated carbocycles. The van der Waals surface area contributed by atoms with Gasteiger partial charge in [-0.15, -0.1) is 11.8 Å². The van der Waals surface area contributed by atoms with Gasteiger partial charge in [0.1, 0.15) is 12.4 Å². The Hall–Kier alpha value is -1.92. The lowest BCUT2D eigenvalue weighted by Crippen LogP contribution is -2.27. The topological polar surface area (TPSA) is 48.0 Å². The maximum Gasteiger partial charge on any atom is 0.223 e. The van der Waals surface area contributed by atoms with E-state index >= 15 is 0 Å². The number of allylic oxidation sites excluding steroid dienone is 7. The van der Waals surface area contributed by atoms with Crippen molar-refractivity contribution in [3.8, 4) is 0 Å². The van der Waals surface area contributed by atoms with Crippen LogP contribution in [0, 0.1) is 11.8 Å². The Morgan fingerprint density at radius 3 is 2.82 bits per heavy atom. The lowest BCUT2D eigenvalue weighted by atomic mass is 9.96. The molecule has 184 valence electrons. The number of thioether (sulfide) groups is 1. The fourth-order valence-electron chi connectivity index (χ4n) is 4.06. The van der Waals surface area contributed by atoms with E-state index in [-0.39, 0.29) is 17.9 Å². The van der Waals surface area contributed by atoms with Gasteiger partial charge in [-0.05, 0) is 49.7 Å². The Morgan fingerprint density at radius 2 is 2.15 bits per heavy atom. The molecular formula is C27H41NO4S. The van der Waals surface area contributed by atoms with Gasteiger partial charge in [0.25, 0.3) is 0 Å². The molecule has 5 nitrogen and oxygen atoms in total. The average molecular weight is 476 g/mol. The first-order valence-electron chi connectivity index (χ1n) is 12.0. The van der Waals surface area contributed by atoms with E-state index in [1.807, 2.05) is 35.7 Å². The van der Waals surface area contributed by atoms with Crippen LogP contribution in [0.1, 0.15) is 47.0 Å². The number of rotatable bonds is 13. The van der Waals surface area contributed by atoms with Gasteiger partial charge >= 0.3 is 0 Å². The van der Waals surface area contributed by atoms with Crippen molar-refractivity contribution >= 4 is 17.7 Å². The number of nitrogens with zero attached hydrogens (tertiary/aromatic N) is 1. The van der Waals surface area contributed by atoms with E-state index in [9.17, 15) is 4.79 Å². The van der Waals surface area contributed by atoms with E-state index in [1.54, 1.807) is 13.4 Å². The standard InChI is InChI=1S/C27H41NO4S/c1-6-8-10-21(3)15-22(4)33-14-12-28-18-24(17-27(28)29)23(9-7-2)16-26(19-30-5)32-25-11-13-31-20-25/h6-9,15-16,19,21,24-25H,10-14,17-18,20H2,1-5H3/b8-6-,9-7-,22-15+,23-16+,26-19-/t21?,24-,25?/m1/s1. The average Bonchev–Trinajstić information content (AvgIpc) is 3.42. The second-order valence-corrected chi connectivity index (χ2v) is 9.99. The molecular weight excluding hydrogens is 434 g/mol. The molecule has 2 unspecified atom stereocenters. The van der Waals surface area contributed by atoms with E-state index in [4.69, 9.17) is 14.2 Å². The largest absolute Gasteiger partial charge is 0.501 e. The van der Waals surface area contributed by atoms with Gasteiger partial charge in [-0.1, -0.05) is 37.3 Å². The van der Waals surface area contributed by atoms with Crippen LogP contribution in [-0.4, -0.2) is 56.1 Å². The highest BCUT2D eigenvalue weighted by Crippen LogP contribution is 2.29. The van der Waals surface area contributed by atoms with Crippen LogP contribution in [0.15, 0.2) is 59.0 Å². The third-order valence-corrected chi connectivity index (χ3v) is 6.71. The lowest BCUT2D eigenvalue weighted by Gasteiger charge is -2.18. The quantitative estimate of drug-likeness (QED) is 0.189. The van der Waals surface area contributed by atoms with Gasteiger partial charge in [-0.2, -0.15) is 0 Å². The zero-order valence-corrected chi connectivity index (χ0v) is 21.7. The Balaban J connectivity index is 1.94. The molecule has 2 rings (SSSR count). The summed E-state index contributed by atoms with van der Waals surface area (Å²) in [4.78, 5) is 16.0. The van der Waals surface area contributed by atoms with Crippen molar-refractivity contribution in [3.05, 3.63) is 59.0 Å². The second-order valence-electron chi connectivity index (χ2n) is 8.65. The molecule has 0 N–H and O–H groups in total. The first kappa shape index (κ1) is 27.3. The zero-order chi connectivity index (χ0) is 24.1. The van der Waals surface area contributed by atoms with Crippen LogP contribution in [0.3, 0.4) is 0 Å². The summed E-state index contributed by atoms with van der Waals surface area (Å²) in [6.45, 7) is 11.3. The summed E-state index contributed by atoms with van der Waals surface area (Å²) in [5.74, 6) is 2.50. The molecule has 2 heterocycles. The van der Waals surface area contributed by atoms with Crippen molar-refractivity contribution in [2.45, 2.75) is 53.1 Å². The first-order valence-corrected chi connectivity index (χ1v) is 13.0. The van der Waals surface area contributed by atoms with Crippen LogP contribution in [0.5, 0.6) is 0 Å². The summed E-state index contributed by atoms with van der Waals surface area (Å²) < 4.78 is 16.7. The Labute approximate surface area is 204 Å². The number of likely N-dealkylation sites (tertiary alicyclic amines) is 1. The van der Waals surface area contributed by atoms with Crippen molar-refractivity contribution in [3.63, 3.8) is 0 Å². The van der Waals surface area contributed by atoms with Gasteiger partial charge in [0.15, 0.2) is 5.76 Å². The smallest absolute Gasteiger partial charge is 0.223 e. The van der Waals surface area contributed by atoms with Gasteiger partial charge in [-0.25, -0.2) is 0 Å². The van der Waals surface area contributed by atoms with Gasteiger partial charge in [0.05, 0.1) is 20.3 Å². The van der Waals surface area contributed by atoms with Gasteiger partial charge in [0, 0.05) is 37.6 Å². The van der Waals surface area contributed by atoms with Crippen LogP contribution in [0.2, 0.25) is 0 Å². The second kappa shape index (κ2) is 15.1. The Bertz CT molecular complexity index is 762. The summed E-state index contributed by atoms with van der Waals surface area (Å²) >= 11 is 1.84. The van der Waals surface area contributed by atoms with E-state index in [0.717, 1.165) is 43.9 Å². The molecule has 2 aliphatic heterocycles. The number of hydrogen-bond acceptors (Lipinski definition) is 5. The van der Waals surface area contributed by atoms with Crippen LogP contribution < -0.4 is 0 Å². The van der Waals surface area contributed by atoms with Gasteiger partial charge in [0.2, 0.25) is 5.91 Å². The number of amides is 1. The van der Waals surface area contributed by atoms with Crippen molar-refractivity contribution in [1.29, 1.82) is 0 Å². The van der Waals surface area contributed by atoms with Crippen molar-refractivity contribution in [2.75, 3.05) is 39.2 Å². The molecule has 0 aliphatic carbocycles. The van der Waals surface area contributed by atoms with Gasteiger partial charge < -0.3 is 19.1 Å². The molecule has 2 fully saturated rings. The summed E-state index contributed by atoms with van der Waals surface area (Å²) in [5.41, 5.74) is 1.09. The summed E-state index contributed by atoms with van der Waals surface area (Å²) in [6.07, 6.45) is 16.9. The first-order chi connectivity index (χ1) is 16.0. The predicted molar refractivity (Wildman–Crippen MR) is 138 cm³/mol. The molecule has 0 aromatic carbocycles. The molecule has 0 aromatic heterocycles. The molecule has 2 aliphatic rings. The van der Waals surface area contributed by atoms with E-state index < -0.39 is 0 Å². The third kappa shape index (κ3) is 9.85. The Kier molecular flexibility index (Phi) is 12.5. The fraction of sp³-hybridized carbons (Fsp3) is 0.593. The highest BCUT2D eigenvalue weighted by atomic mass is 32.2. The number of carbonyl (C=O) groups is 1. The van der Waals surface area contributed by atoms with Crippen LogP contribution in [0.25, 0.3) is 0 Å². The minimum atomic E-state index is 0.0465. The number of hydrogen-bond donors (Lipinski definition) is 0. The predicted octanol–water partition coefficient (Wildman–Crippen LogP) is 5.87. The van der Waals surface area contributed by atoms with Crippen molar-refractivity contribution in [2.24, 2.45) is 11.8 Å². The molecule has 6 heteroatoms. The molecule has 0 aromatic rings. The number of ether oxygens (including phenoxy) is 3. The van der Waals surface area contributed by atoms with Crippen LogP contribution in [-0.2, 0) is 19.0 Å². The minimum absolute atomic E-state index is 0.0465. The molecule has 1 amide bonds. The minimum Gasteiger partial charge on any atom is -0.501 e. The lowest BCUT2D eigenvalue weighted by molar-refractivity contribution is -0.127. The third-order valence-electron chi connectivity index (χ3n) is 5.73. The molecule has 0 radical (unpaired) electrons. The Morgan fingerprint density at radius 1 is 1.33 bits per heavy atom. The summed E-state index contributed by atoms with van der Waals surface area (Å²) in [5, 5.41) is 0. The molecule has 0 spiro atoms. The maximum absolute atomic E-state index is 12.7. The molecule has 0 bridgehead atoms. The monoisotopic (exact) mass is 475 g/mol. The van der Waals surface area contributed by atoms with E-state index in [1.165, 1.54) is 4.91 Å². The highest BCUT2D eigenvalue weighted by Gasteiger charge is 2.31. The number of carbonyl (C=O) groups excluding carboxylic acids is 1. The molecule has 3 atom stereocenters. The summed E-state index contributed by atoms with van der Waals surface area (Å²) in [7, 11) is 1.62. The van der Waals surface area contributed by atoms with Crippen LogP contribution in [0.4, 0.5) is 0 Å². The summed E-state index contributed by atoms with van der Waals surface area (Å²) in [6, 6.07) is 0. The van der Waals surface area contributed by atoms with Crippen molar-refractivity contribution < 1.29 is 19.0 Å². The molecule has 33 heavy (non-hydrogen) atoms. The van der Waals surface area contributed by atoms with E-state index in [2.05, 4.69) is 45.1 Å². The molecule has 2 saturated heterocycles. The van der Waals surface area contributed by atoms with Crippen LogP contribution >= 0.6 is 11.8 Å². The maximum atomic E-state index is 12.7. The van der Waals surface area contributed by atoms with Gasteiger partial charge in [-0.3, -0.25) is 4.79 Å². The van der Waals surface area contributed by atoms with Crippen molar-refractivity contribution in [1.82, 2.24) is 4.90 Å². The normalized spacial score (nSPS) is 23.8. The highest BCUT2D eigenvalue weighted by molar-refractivity contribution is 8.03. The van der Waals surface area contributed by atoms with E-state index in [0.29, 0.717) is 24.7 Å².